The number of ether oxygens (including phenoxy) is 1. The number of rotatable bonds is 7. The number of hydrogen-bond acceptors (Lipinski definition) is 7. The fourth-order valence-electron chi connectivity index (χ4n) is 4.82. The second kappa shape index (κ2) is 10.7. The van der Waals surface area contributed by atoms with Crippen molar-refractivity contribution < 1.29 is 17.5 Å². The first-order chi connectivity index (χ1) is 18.7. The number of nitrogens with zero attached hydrogens (tertiary/aromatic N) is 3. The lowest BCUT2D eigenvalue weighted by molar-refractivity contribution is 0.122. The van der Waals surface area contributed by atoms with Gasteiger partial charge in [-0.05, 0) is 56.7 Å². The van der Waals surface area contributed by atoms with Gasteiger partial charge in [0, 0.05) is 18.7 Å². The summed E-state index contributed by atoms with van der Waals surface area (Å²) in [6.07, 6.45) is 4.89. The summed E-state index contributed by atoms with van der Waals surface area (Å²) in [4.78, 5) is 11.6. The lowest BCUT2D eigenvalue weighted by Gasteiger charge is -2.29. The van der Waals surface area contributed by atoms with E-state index in [2.05, 4.69) is 21.8 Å². The second-order valence-electron chi connectivity index (χ2n) is 9.74. The number of nitrogens with one attached hydrogen (secondary N) is 1. The van der Waals surface area contributed by atoms with Crippen LogP contribution in [0, 0.1) is 19.7 Å². The highest BCUT2D eigenvalue weighted by atomic mass is 32.2. The summed E-state index contributed by atoms with van der Waals surface area (Å²) < 4.78 is 47.7. The molecule has 9 heteroatoms. The van der Waals surface area contributed by atoms with E-state index in [1.54, 1.807) is 43.6 Å². The summed E-state index contributed by atoms with van der Waals surface area (Å²) in [7, 11) is -3.73. The van der Waals surface area contributed by atoms with Crippen LogP contribution in [-0.2, 0) is 14.6 Å². The molecule has 2 aromatic carbocycles. The van der Waals surface area contributed by atoms with E-state index in [9.17, 15) is 8.42 Å². The maximum Gasteiger partial charge on any atom is 0.185 e. The molecule has 3 heterocycles. The van der Waals surface area contributed by atoms with Crippen LogP contribution in [0.3, 0.4) is 0 Å². The van der Waals surface area contributed by atoms with Crippen LogP contribution >= 0.6 is 0 Å². The zero-order chi connectivity index (χ0) is 27.7. The Morgan fingerprint density at radius 3 is 2.64 bits per heavy atom. The van der Waals surface area contributed by atoms with E-state index in [-0.39, 0.29) is 4.90 Å². The van der Waals surface area contributed by atoms with Crippen LogP contribution in [0.15, 0.2) is 72.4 Å². The van der Waals surface area contributed by atoms with Crippen LogP contribution in [-0.4, -0.2) is 49.9 Å². The van der Waals surface area contributed by atoms with E-state index in [0.717, 1.165) is 24.3 Å². The van der Waals surface area contributed by atoms with E-state index in [4.69, 9.17) is 9.72 Å². The molecular weight excluding hydrogens is 515 g/mol. The topological polar surface area (TPSA) is 84.4 Å². The fourth-order valence-corrected chi connectivity index (χ4v) is 6.19. The molecule has 1 fully saturated rings. The van der Waals surface area contributed by atoms with Crippen molar-refractivity contribution in [3.05, 3.63) is 84.5 Å². The van der Waals surface area contributed by atoms with Crippen molar-refractivity contribution in [1.82, 2.24) is 9.97 Å². The van der Waals surface area contributed by atoms with Gasteiger partial charge in [-0.15, -0.1) is 6.58 Å². The number of pyridine rings is 2. The first-order valence-corrected chi connectivity index (χ1v) is 14.4. The number of anilines is 3. The van der Waals surface area contributed by atoms with Gasteiger partial charge < -0.3 is 15.0 Å². The van der Waals surface area contributed by atoms with Gasteiger partial charge in [-0.2, -0.15) is 0 Å². The molecule has 39 heavy (non-hydrogen) atoms. The predicted octanol–water partition coefficient (Wildman–Crippen LogP) is 5.98. The Balaban J connectivity index is 1.70. The molecule has 0 saturated carbocycles. The molecule has 202 valence electrons. The van der Waals surface area contributed by atoms with E-state index in [1.807, 2.05) is 26.0 Å². The first-order valence-electron chi connectivity index (χ1n) is 12.8. The van der Waals surface area contributed by atoms with Crippen molar-refractivity contribution in [3.8, 4) is 11.3 Å². The van der Waals surface area contributed by atoms with Gasteiger partial charge in [-0.25, -0.2) is 17.8 Å². The van der Waals surface area contributed by atoms with E-state index >= 15 is 4.39 Å². The van der Waals surface area contributed by atoms with Crippen LogP contribution in [0.25, 0.3) is 22.2 Å². The average molecular weight is 547 g/mol. The minimum absolute atomic E-state index is 0.161. The summed E-state index contributed by atoms with van der Waals surface area (Å²) in [6.45, 7) is 11.8. The molecule has 2 aromatic heterocycles. The van der Waals surface area contributed by atoms with Crippen LogP contribution in [0.2, 0.25) is 0 Å². The molecule has 0 spiro atoms. The van der Waals surface area contributed by atoms with Gasteiger partial charge in [0.2, 0.25) is 0 Å². The molecule has 1 atom stereocenters. The number of sulfone groups is 1. The van der Waals surface area contributed by atoms with Crippen LogP contribution in [0.1, 0.15) is 18.1 Å². The minimum Gasteiger partial charge on any atom is -0.378 e. The van der Waals surface area contributed by atoms with Crippen molar-refractivity contribution in [2.45, 2.75) is 30.9 Å². The number of morpholine rings is 1. The van der Waals surface area contributed by atoms with Gasteiger partial charge in [-0.1, -0.05) is 23.8 Å². The Bertz CT molecular complexity index is 1670. The Hall–Kier alpha value is -3.82. The lowest BCUT2D eigenvalue weighted by atomic mass is 10.00. The average Bonchev–Trinajstić information content (AvgIpc) is 2.94. The molecule has 0 amide bonds. The van der Waals surface area contributed by atoms with Crippen molar-refractivity contribution in [1.29, 1.82) is 0 Å². The van der Waals surface area contributed by atoms with Crippen molar-refractivity contribution in [2.75, 3.05) is 36.5 Å². The number of aryl methyl sites for hydroxylation is 1. The normalized spacial score (nSPS) is 14.8. The molecule has 0 radical (unpaired) electrons. The molecule has 1 saturated heterocycles. The number of aromatic nitrogens is 2. The molecule has 1 N–H and O–H groups in total. The Kier molecular flexibility index (Phi) is 7.38. The third kappa shape index (κ3) is 5.12. The third-order valence-electron chi connectivity index (χ3n) is 7.09. The molecule has 4 aromatic rings. The molecule has 0 aliphatic carbocycles. The largest absolute Gasteiger partial charge is 0.378 e. The smallest absolute Gasteiger partial charge is 0.185 e. The first kappa shape index (κ1) is 26.8. The molecule has 1 aliphatic heterocycles. The van der Waals surface area contributed by atoms with Gasteiger partial charge in [0.1, 0.15) is 5.82 Å². The number of halogens is 1. The van der Waals surface area contributed by atoms with Crippen LogP contribution in [0.4, 0.5) is 21.5 Å². The number of hydrogen-bond donors (Lipinski definition) is 1. The van der Waals surface area contributed by atoms with Gasteiger partial charge >= 0.3 is 0 Å². The highest BCUT2D eigenvalue weighted by Gasteiger charge is 2.27. The zero-order valence-electron chi connectivity index (χ0n) is 22.2. The molecule has 1 unspecified atom stereocenters. The van der Waals surface area contributed by atoms with E-state index in [0.29, 0.717) is 52.3 Å². The van der Waals surface area contributed by atoms with E-state index in [1.165, 1.54) is 12.1 Å². The molecule has 0 bridgehead atoms. The zero-order valence-corrected chi connectivity index (χ0v) is 23.1. The monoisotopic (exact) mass is 546 g/mol. The third-order valence-corrected chi connectivity index (χ3v) is 9.23. The standard InChI is InChI=1S/C30H31FN4O3S/c1-5-20(3)39(36,37)27-10-9-19(2)15-24(27)29-21(4)30(28-25(31)7-6-8-26(28)34-29)33-22-16-23(18-32-17-22)35-11-13-38-14-12-35/h5-10,15-18,20H,1,11-14H2,2-4H3,(H,33,34). The Morgan fingerprint density at radius 2 is 1.90 bits per heavy atom. The minimum atomic E-state index is -3.73. The Morgan fingerprint density at radius 1 is 1.13 bits per heavy atom. The maximum absolute atomic E-state index is 15.3. The fraction of sp³-hybridized carbons (Fsp3) is 0.267. The van der Waals surface area contributed by atoms with Crippen LogP contribution in [0.5, 0.6) is 0 Å². The highest BCUT2D eigenvalue weighted by molar-refractivity contribution is 7.92. The van der Waals surface area contributed by atoms with Gasteiger partial charge in [0.25, 0.3) is 0 Å². The summed E-state index contributed by atoms with van der Waals surface area (Å²) in [5.74, 6) is -0.424. The lowest BCUT2D eigenvalue weighted by Crippen LogP contribution is -2.36. The van der Waals surface area contributed by atoms with Gasteiger partial charge in [0.05, 0.1) is 69.4 Å². The Labute approximate surface area is 228 Å². The van der Waals surface area contributed by atoms with E-state index < -0.39 is 20.9 Å². The highest BCUT2D eigenvalue weighted by Crippen LogP contribution is 2.39. The number of benzene rings is 2. The molecular formula is C30H31FN4O3S. The molecule has 5 rings (SSSR count). The molecule has 7 nitrogen and oxygen atoms in total. The van der Waals surface area contributed by atoms with Crippen LogP contribution < -0.4 is 10.2 Å². The predicted molar refractivity (Wildman–Crippen MR) is 154 cm³/mol. The quantitative estimate of drug-likeness (QED) is 0.286. The van der Waals surface area contributed by atoms with Crippen molar-refractivity contribution >= 4 is 37.8 Å². The number of fused-ring (bicyclic) bond motifs is 1. The second-order valence-corrected chi connectivity index (χ2v) is 12.0. The van der Waals surface area contributed by atoms with Gasteiger partial charge in [0.15, 0.2) is 9.84 Å². The van der Waals surface area contributed by atoms with Crippen molar-refractivity contribution in [2.24, 2.45) is 0 Å². The SMILES string of the molecule is C=CC(C)S(=O)(=O)c1ccc(C)cc1-c1nc2cccc(F)c2c(Nc2cncc(N3CCOCC3)c2)c1C. The summed E-state index contributed by atoms with van der Waals surface area (Å²) >= 11 is 0. The maximum atomic E-state index is 15.3. The van der Waals surface area contributed by atoms with Gasteiger partial charge in [-0.3, -0.25) is 4.98 Å². The molecule has 1 aliphatic rings. The summed E-state index contributed by atoms with van der Waals surface area (Å²) in [6, 6.07) is 11.9. The summed E-state index contributed by atoms with van der Waals surface area (Å²) in [5, 5.41) is 2.92. The van der Waals surface area contributed by atoms with Crippen molar-refractivity contribution in [3.63, 3.8) is 0 Å². The summed E-state index contributed by atoms with van der Waals surface area (Å²) in [5.41, 5.74) is 4.98.